The van der Waals surface area contributed by atoms with Crippen molar-refractivity contribution in [3.05, 3.63) is 11.6 Å². The van der Waals surface area contributed by atoms with Gasteiger partial charge in [0.15, 0.2) is 0 Å². The van der Waals surface area contributed by atoms with Gasteiger partial charge in [-0.3, -0.25) is 4.79 Å². The van der Waals surface area contributed by atoms with Crippen molar-refractivity contribution in [2.75, 3.05) is 6.54 Å². The van der Waals surface area contributed by atoms with Crippen molar-refractivity contribution < 1.29 is 4.79 Å². The van der Waals surface area contributed by atoms with Crippen molar-refractivity contribution in [1.82, 2.24) is 5.32 Å². The molecule has 1 rings (SSSR count). The second-order valence-corrected chi connectivity index (χ2v) is 4.41. The Bertz CT molecular complexity index is 228. The summed E-state index contributed by atoms with van der Waals surface area (Å²) in [6.45, 7) is 7.37. The summed E-state index contributed by atoms with van der Waals surface area (Å²) in [4.78, 5) is 11.3. The molecule has 1 N–H and O–H groups in total. The van der Waals surface area contributed by atoms with Crippen molar-refractivity contribution in [3.8, 4) is 0 Å². The van der Waals surface area contributed by atoms with Crippen LogP contribution < -0.4 is 5.32 Å². The summed E-state index contributed by atoms with van der Waals surface area (Å²) in [5.74, 6) is 0.129. The number of carbonyl (C=O) groups is 1. The Morgan fingerprint density at radius 3 is 2.69 bits per heavy atom. The maximum absolute atomic E-state index is 11.3. The molecule has 0 aromatic rings. The number of nitrogens with one attached hydrogen (secondary N) is 1. The third kappa shape index (κ3) is 2.87. The average molecular weight is 181 g/mol. The highest BCUT2D eigenvalue weighted by Crippen LogP contribution is 2.27. The summed E-state index contributed by atoms with van der Waals surface area (Å²) >= 11 is 0. The Labute approximate surface area is 80.4 Å². The molecule has 0 radical (unpaired) electrons. The molecule has 0 aromatic heterocycles. The lowest BCUT2D eigenvalue weighted by molar-refractivity contribution is -0.116. The van der Waals surface area contributed by atoms with E-state index in [0.717, 1.165) is 25.0 Å². The first-order valence-electron chi connectivity index (χ1n) is 5.05. The monoisotopic (exact) mass is 181 g/mol. The van der Waals surface area contributed by atoms with Crippen LogP contribution in [0.2, 0.25) is 0 Å². The van der Waals surface area contributed by atoms with Crippen molar-refractivity contribution in [2.45, 2.75) is 40.0 Å². The van der Waals surface area contributed by atoms with Crippen LogP contribution in [-0.2, 0) is 4.79 Å². The van der Waals surface area contributed by atoms with E-state index in [1.807, 2.05) is 0 Å². The van der Waals surface area contributed by atoms with Crippen molar-refractivity contribution in [2.24, 2.45) is 5.41 Å². The molecule has 74 valence electrons. The second-order valence-electron chi connectivity index (χ2n) is 4.41. The molecule has 1 heterocycles. The van der Waals surface area contributed by atoms with Crippen LogP contribution in [0.3, 0.4) is 0 Å². The van der Waals surface area contributed by atoms with Gasteiger partial charge < -0.3 is 5.32 Å². The minimum atomic E-state index is 0.129. The number of allylic oxidation sites excluding steroid dienone is 1. The fourth-order valence-electron chi connectivity index (χ4n) is 1.86. The molecule has 1 aliphatic rings. The highest BCUT2D eigenvalue weighted by molar-refractivity contribution is 5.95. The normalized spacial score (nSPS) is 20.8. The van der Waals surface area contributed by atoms with Crippen LogP contribution in [0.1, 0.15) is 40.0 Å². The molecule has 2 nitrogen and oxygen atoms in total. The molecule has 0 atom stereocenters. The molecule has 0 bridgehead atoms. The number of hydrogen-bond donors (Lipinski definition) is 1. The Kier molecular flexibility index (Phi) is 3.12. The number of rotatable bonds is 3. The summed E-state index contributed by atoms with van der Waals surface area (Å²) in [7, 11) is 0. The largest absolute Gasteiger partial charge is 0.352 e. The first-order chi connectivity index (χ1) is 6.05. The minimum Gasteiger partial charge on any atom is -0.352 e. The van der Waals surface area contributed by atoms with Crippen LogP contribution in [0, 0.1) is 5.41 Å². The molecule has 1 fully saturated rings. The van der Waals surface area contributed by atoms with Crippen LogP contribution in [0.25, 0.3) is 0 Å². The van der Waals surface area contributed by atoms with Gasteiger partial charge in [-0.15, -0.1) is 0 Å². The highest BCUT2D eigenvalue weighted by atomic mass is 16.1. The molecule has 2 heteroatoms. The first-order valence-corrected chi connectivity index (χ1v) is 5.05. The second kappa shape index (κ2) is 3.95. The first kappa shape index (κ1) is 10.3. The van der Waals surface area contributed by atoms with Crippen LogP contribution in [0.4, 0.5) is 0 Å². The van der Waals surface area contributed by atoms with Gasteiger partial charge in [0, 0.05) is 12.1 Å². The van der Waals surface area contributed by atoms with Gasteiger partial charge >= 0.3 is 0 Å². The maximum atomic E-state index is 11.3. The zero-order chi connectivity index (χ0) is 9.90. The summed E-state index contributed by atoms with van der Waals surface area (Å²) in [6.07, 6.45) is 5.34. The molecular formula is C11H19NO. The highest BCUT2D eigenvalue weighted by Gasteiger charge is 2.21. The van der Waals surface area contributed by atoms with E-state index < -0.39 is 0 Å². The molecule has 1 amide bonds. The average Bonchev–Trinajstić information content (AvgIpc) is 2.35. The number of hydrogen-bond acceptors (Lipinski definition) is 1. The molecule has 0 aromatic carbocycles. The third-order valence-corrected chi connectivity index (χ3v) is 2.43. The van der Waals surface area contributed by atoms with E-state index in [-0.39, 0.29) is 11.3 Å². The van der Waals surface area contributed by atoms with E-state index in [4.69, 9.17) is 0 Å². The van der Waals surface area contributed by atoms with E-state index in [9.17, 15) is 4.79 Å². The van der Waals surface area contributed by atoms with Crippen LogP contribution in [-0.4, -0.2) is 12.5 Å². The molecule has 0 unspecified atom stereocenters. The third-order valence-electron chi connectivity index (χ3n) is 2.43. The van der Waals surface area contributed by atoms with E-state index in [1.54, 1.807) is 0 Å². The quantitative estimate of drug-likeness (QED) is 0.665. The van der Waals surface area contributed by atoms with Gasteiger partial charge in [-0.2, -0.15) is 0 Å². The standard InChI is InChI=1S/C11H19NO/c1-4-6-11(2,3)8-9-5-7-12-10(9)13/h8H,4-7H2,1-3H3,(H,12,13)/b9-8-. The van der Waals surface area contributed by atoms with Crippen LogP contribution in [0.15, 0.2) is 11.6 Å². The molecule has 0 saturated carbocycles. The lowest BCUT2D eigenvalue weighted by atomic mass is 9.86. The SMILES string of the molecule is CCCC(C)(C)/C=C1/CCNC1=O. The maximum Gasteiger partial charge on any atom is 0.246 e. The predicted octanol–water partition coefficient (Wildman–Crippen LogP) is 2.26. The Morgan fingerprint density at radius 1 is 1.54 bits per heavy atom. The Hall–Kier alpha value is -0.790. The smallest absolute Gasteiger partial charge is 0.246 e. The molecule has 1 saturated heterocycles. The van der Waals surface area contributed by atoms with E-state index in [1.165, 1.54) is 6.42 Å². The molecule has 13 heavy (non-hydrogen) atoms. The van der Waals surface area contributed by atoms with E-state index >= 15 is 0 Å². The van der Waals surface area contributed by atoms with Gasteiger partial charge in [0.05, 0.1) is 0 Å². The summed E-state index contributed by atoms with van der Waals surface area (Å²) < 4.78 is 0. The fourth-order valence-corrected chi connectivity index (χ4v) is 1.86. The van der Waals surface area contributed by atoms with E-state index in [0.29, 0.717) is 0 Å². The number of carbonyl (C=O) groups excluding carboxylic acids is 1. The van der Waals surface area contributed by atoms with Crippen LogP contribution >= 0.6 is 0 Å². The summed E-state index contributed by atoms with van der Waals surface area (Å²) in [6, 6.07) is 0. The van der Waals surface area contributed by atoms with Gasteiger partial charge in [-0.05, 0) is 18.3 Å². The Balaban J connectivity index is 2.67. The molecule has 0 aliphatic carbocycles. The van der Waals surface area contributed by atoms with Gasteiger partial charge in [0.2, 0.25) is 5.91 Å². The van der Waals surface area contributed by atoms with Crippen LogP contribution in [0.5, 0.6) is 0 Å². The van der Waals surface area contributed by atoms with Gasteiger partial charge in [0.25, 0.3) is 0 Å². The van der Waals surface area contributed by atoms with Crippen molar-refractivity contribution >= 4 is 5.91 Å². The summed E-state index contributed by atoms with van der Waals surface area (Å²) in [5, 5.41) is 2.83. The lowest BCUT2D eigenvalue weighted by Crippen LogP contribution is -2.16. The number of amides is 1. The zero-order valence-corrected chi connectivity index (χ0v) is 8.81. The van der Waals surface area contributed by atoms with Gasteiger partial charge in [-0.25, -0.2) is 0 Å². The lowest BCUT2D eigenvalue weighted by Gasteiger charge is -2.19. The fraction of sp³-hybridized carbons (Fsp3) is 0.727. The zero-order valence-electron chi connectivity index (χ0n) is 8.81. The Morgan fingerprint density at radius 2 is 2.23 bits per heavy atom. The van der Waals surface area contributed by atoms with Gasteiger partial charge in [0.1, 0.15) is 0 Å². The van der Waals surface area contributed by atoms with E-state index in [2.05, 4.69) is 32.2 Å². The topological polar surface area (TPSA) is 29.1 Å². The molecule has 0 spiro atoms. The van der Waals surface area contributed by atoms with Crippen molar-refractivity contribution in [3.63, 3.8) is 0 Å². The molecular weight excluding hydrogens is 162 g/mol. The van der Waals surface area contributed by atoms with Gasteiger partial charge in [-0.1, -0.05) is 33.3 Å². The van der Waals surface area contributed by atoms with Crippen molar-refractivity contribution in [1.29, 1.82) is 0 Å². The predicted molar refractivity (Wildman–Crippen MR) is 54.4 cm³/mol. The summed E-state index contributed by atoms with van der Waals surface area (Å²) in [5.41, 5.74) is 1.14. The minimum absolute atomic E-state index is 0.129. The molecule has 1 aliphatic heterocycles.